The molecule has 0 spiro atoms. The van der Waals surface area contributed by atoms with E-state index in [0.717, 1.165) is 17.0 Å². The summed E-state index contributed by atoms with van der Waals surface area (Å²) in [6.07, 6.45) is 0.798. The summed E-state index contributed by atoms with van der Waals surface area (Å²) < 4.78 is 0. The van der Waals surface area contributed by atoms with Crippen molar-refractivity contribution in [2.45, 2.75) is 43.0 Å². The molecule has 0 aliphatic carbocycles. The van der Waals surface area contributed by atoms with Gasteiger partial charge in [-0.1, -0.05) is 41.6 Å². The van der Waals surface area contributed by atoms with Gasteiger partial charge in [0.05, 0.1) is 0 Å². The molecule has 2 aromatic rings. The molecule has 0 saturated carbocycles. The molecule has 1 nitrogen and oxygen atoms in total. The number of halogens is 1. The molecule has 0 bridgehead atoms. The Morgan fingerprint density at radius 2 is 1.90 bits per heavy atom. The predicted molar refractivity (Wildman–Crippen MR) is 88.8 cm³/mol. The van der Waals surface area contributed by atoms with Gasteiger partial charge in [0.15, 0.2) is 0 Å². The molecule has 0 aromatic heterocycles. The highest BCUT2D eigenvalue weighted by Gasteiger charge is 2.11. The number of hydrogen-bond acceptors (Lipinski definition) is 2. The van der Waals surface area contributed by atoms with Gasteiger partial charge in [-0.2, -0.15) is 0 Å². The summed E-state index contributed by atoms with van der Waals surface area (Å²) in [5.74, 6) is 0. The molecule has 20 heavy (non-hydrogen) atoms. The maximum Gasteiger partial charge on any atom is 0.0449 e. The number of aryl methyl sites for hydroxylation is 2. The molecule has 2 N–H and O–H groups in total. The van der Waals surface area contributed by atoms with Crippen molar-refractivity contribution in [2.24, 2.45) is 5.73 Å². The smallest absolute Gasteiger partial charge is 0.0449 e. The van der Waals surface area contributed by atoms with Crippen LogP contribution in [-0.4, -0.2) is 6.04 Å². The second-order valence-electron chi connectivity index (χ2n) is 5.27. The number of benzene rings is 2. The molecule has 106 valence electrons. The first-order valence-electron chi connectivity index (χ1n) is 6.75. The molecule has 0 saturated heterocycles. The van der Waals surface area contributed by atoms with Crippen LogP contribution in [0.4, 0.5) is 0 Å². The lowest BCUT2D eigenvalue weighted by Gasteiger charge is -2.14. The lowest BCUT2D eigenvalue weighted by atomic mass is 10.1. The van der Waals surface area contributed by atoms with Crippen LogP contribution in [0.2, 0.25) is 5.02 Å². The second kappa shape index (κ2) is 6.66. The third kappa shape index (κ3) is 3.78. The number of hydrogen-bond donors (Lipinski definition) is 1. The van der Waals surface area contributed by atoms with E-state index in [2.05, 4.69) is 38.1 Å². The average molecular weight is 306 g/mol. The van der Waals surface area contributed by atoms with Crippen molar-refractivity contribution in [3.63, 3.8) is 0 Å². The minimum Gasteiger partial charge on any atom is -0.328 e. The van der Waals surface area contributed by atoms with Crippen LogP contribution in [0.5, 0.6) is 0 Å². The first-order chi connectivity index (χ1) is 9.47. The summed E-state index contributed by atoms with van der Waals surface area (Å²) in [6.45, 7) is 6.26. The molecule has 0 amide bonds. The summed E-state index contributed by atoms with van der Waals surface area (Å²) in [5.41, 5.74) is 9.65. The second-order valence-corrected chi connectivity index (χ2v) is 6.76. The third-order valence-electron chi connectivity index (χ3n) is 3.17. The van der Waals surface area contributed by atoms with Crippen LogP contribution in [0.3, 0.4) is 0 Å². The Balaban J connectivity index is 2.38. The Morgan fingerprint density at radius 3 is 2.60 bits per heavy atom. The van der Waals surface area contributed by atoms with Crippen molar-refractivity contribution in [1.82, 2.24) is 0 Å². The van der Waals surface area contributed by atoms with Gasteiger partial charge in [-0.05, 0) is 62.1 Å². The van der Waals surface area contributed by atoms with E-state index in [1.165, 1.54) is 20.9 Å². The maximum atomic E-state index is 6.34. The fraction of sp³-hybridized carbons (Fsp3) is 0.294. The topological polar surface area (TPSA) is 26.0 Å². The summed E-state index contributed by atoms with van der Waals surface area (Å²) in [4.78, 5) is 2.47. The van der Waals surface area contributed by atoms with Crippen LogP contribution in [-0.2, 0) is 6.42 Å². The van der Waals surface area contributed by atoms with Crippen molar-refractivity contribution < 1.29 is 0 Å². The van der Waals surface area contributed by atoms with Gasteiger partial charge in [0.2, 0.25) is 0 Å². The fourth-order valence-corrected chi connectivity index (χ4v) is 3.57. The monoisotopic (exact) mass is 305 g/mol. The zero-order valence-electron chi connectivity index (χ0n) is 12.1. The highest BCUT2D eigenvalue weighted by atomic mass is 35.5. The highest BCUT2D eigenvalue weighted by Crippen LogP contribution is 2.36. The van der Waals surface area contributed by atoms with E-state index in [9.17, 15) is 0 Å². The molecule has 2 aromatic carbocycles. The lowest BCUT2D eigenvalue weighted by Crippen LogP contribution is -2.18. The van der Waals surface area contributed by atoms with Gasteiger partial charge in [0.1, 0.15) is 0 Å². The maximum absolute atomic E-state index is 6.34. The van der Waals surface area contributed by atoms with Gasteiger partial charge >= 0.3 is 0 Å². The van der Waals surface area contributed by atoms with Crippen LogP contribution in [0.15, 0.2) is 46.2 Å². The molecule has 0 aliphatic rings. The largest absolute Gasteiger partial charge is 0.328 e. The molecular formula is C17H20ClNS. The van der Waals surface area contributed by atoms with E-state index in [1.807, 2.05) is 19.1 Å². The van der Waals surface area contributed by atoms with Crippen LogP contribution < -0.4 is 5.73 Å². The number of nitrogens with two attached hydrogens (primary N) is 1. The summed E-state index contributed by atoms with van der Waals surface area (Å²) in [6, 6.07) is 12.7. The average Bonchev–Trinajstić information content (AvgIpc) is 2.37. The van der Waals surface area contributed by atoms with Gasteiger partial charge < -0.3 is 5.73 Å². The summed E-state index contributed by atoms with van der Waals surface area (Å²) in [5, 5.41) is 0.803. The van der Waals surface area contributed by atoms with Gasteiger partial charge in [0.25, 0.3) is 0 Å². The molecule has 0 radical (unpaired) electrons. The first kappa shape index (κ1) is 15.4. The molecule has 0 fully saturated rings. The SMILES string of the molecule is Cc1ccc(C)c(Sc2cccc(Cl)c2CC(C)N)c1. The van der Waals surface area contributed by atoms with Crippen molar-refractivity contribution in [3.8, 4) is 0 Å². The Morgan fingerprint density at radius 1 is 1.15 bits per heavy atom. The van der Waals surface area contributed by atoms with Crippen molar-refractivity contribution in [1.29, 1.82) is 0 Å². The van der Waals surface area contributed by atoms with Crippen LogP contribution >= 0.6 is 23.4 Å². The Labute approximate surface area is 130 Å². The molecule has 0 aliphatic heterocycles. The predicted octanol–water partition coefficient (Wildman–Crippen LogP) is 5.00. The molecule has 0 heterocycles. The van der Waals surface area contributed by atoms with E-state index in [1.54, 1.807) is 11.8 Å². The number of rotatable bonds is 4. The van der Waals surface area contributed by atoms with Crippen LogP contribution in [0, 0.1) is 13.8 Å². The third-order valence-corrected chi connectivity index (χ3v) is 4.78. The molecule has 1 atom stereocenters. The minimum atomic E-state index is 0.104. The Kier molecular flexibility index (Phi) is 5.14. The zero-order chi connectivity index (χ0) is 14.7. The summed E-state index contributed by atoms with van der Waals surface area (Å²) in [7, 11) is 0. The Hall–Kier alpha value is -0.960. The lowest BCUT2D eigenvalue weighted by molar-refractivity contribution is 0.729. The quantitative estimate of drug-likeness (QED) is 0.860. The normalized spacial score (nSPS) is 12.4. The molecule has 3 heteroatoms. The van der Waals surface area contributed by atoms with Gasteiger partial charge in [-0.3, -0.25) is 0 Å². The van der Waals surface area contributed by atoms with Crippen LogP contribution in [0.1, 0.15) is 23.6 Å². The van der Waals surface area contributed by atoms with E-state index in [4.69, 9.17) is 17.3 Å². The van der Waals surface area contributed by atoms with Crippen molar-refractivity contribution in [3.05, 3.63) is 58.1 Å². The zero-order valence-corrected chi connectivity index (χ0v) is 13.7. The minimum absolute atomic E-state index is 0.104. The molecule has 1 unspecified atom stereocenters. The Bertz CT molecular complexity index is 608. The fourth-order valence-electron chi connectivity index (χ4n) is 2.09. The van der Waals surface area contributed by atoms with E-state index in [-0.39, 0.29) is 6.04 Å². The van der Waals surface area contributed by atoms with E-state index >= 15 is 0 Å². The van der Waals surface area contributed by atoms with Crippen molar-refractivity contribution in [2.75, 3.05) is 0 Å². The molecular weight excluding hydrogens is 286 g/mol. The van der Waals surface area contributed by atoms with Crippen LogP contribution in [0.25, 0.3) is 0 Å². The van der Waals surface area contributed by atoms with Crippen molar-refractivity contribution >= 4 is 23.4 Å². The highest BCUT2D eigenvalue weighted by molar-refractivity contribution is 7.99. The summed E-state index contributed by atoms with van der Waals surface area (Å²) >= 11 is 8.11. The van der Waals surface area contributed by atoms with Gasteiger partial charge in [0, 0.05) is 20.9 Å². The first-order valence-corrected chi connectivity index (χ1v) is 7.95. The van der Waals surface area contributed by atoms with E-state index in [0.29, 0.717) is 0 Å². The standard InChI is InChI=1S/C17H20ClNS/c1-11-7-8-12(2)17(9-11)20-16-6-4-5-15(18)14(16)10-13(3)19/h4-9,13H,10,19H2,1-3H3. The van der Waals surface area contributed by atoms with E-state index < -0.39 is 0 Å². The van der Waals surface area contributed by atoms with Gasteiger partial charge in [-0.25, -0.2) is 0 Å². The van der Waals surface area contributed by atoms with Gasteiger partial charge in [-0.15, -0.1) is 0 Å². The molecule has 2 rings (SSSR count).